The van der Waals surface area contributed by atoms with E-state index in [-0.39, 0.29) is 12.8 Å². The highest BCUT2D eigenvalue weighted by Gasteiger charge is 2.43. The van der Waals surface area contributed by atoms with E-state index in [2.05, 4.69) is 0 Å². The number of esters is 2. The maximum absolute atomic E-state index is 14.1. The summed E-state index contributed by atoms with van der Waals surface area (Å²) in [4.78, 5) is 28.1. The number of carbonyl (C=O) groups is 2. The normalized spacial score (nSPS) is 18.3. The summed E-state index contributed by atoms with van der Waals surface area (Å²) in [5, 5.41) is 1.40. The summed E-state index contributed by atoms with van der Waals surface area (Å²) < 4.78 is 38.4. The van der Waals surface area contributed by atoms with Crippen molar-refractivity contribution in [2.75, 3.05) is 14.2 Å². The molecule has 1 aliphatic carbocycles. The van der Waals surface area contributed by atoms with Crippen LogP contribution in [0.15, 0.2) is 105 Å². The van der Waals surface area contributed by atoms with Crippen LogP contribution in [-0.4, -0.2) is 34.6 Å². The maximum Gasteiger partial charge on any atom is 0.309 e. The van der Waals surface area contributed by atoms with Crippen molar-refractivity contribution in [1.82, 2.24) is 0 Å². The Morgan fingerprint density at radius 1 is 0.605 bits per heavy atom. The number of hydrogen-bond acceptors (Lipinski definition) is 6. The molecule has 0 N–H and O–H groups in total. The predicted octanol–water partition coefficient (Wildman–Crippen LogP) is 4.85. The Bertz CT molecular complexity index is 1450. The van der Waals surface area contributed by atoms with Gasteiger partial charge in [0.05, 0.1) is 57.4 Å². The van der Waals surface area contributed by atoms with Crippen molar-refractivity contribution in [2.24, 2.45) is 11.8 Å². The highest BCUT2D eigenvalue weighted by Crippen LogP contribution is 2.44. The van der Waals surface area contributed by atoms with Gasteiger partial charge in [0.25, 0.3) is 0 Å². The fraction of sp³-hybridized carbons (Fsp3) is 0.200. The van der Waals surface area contributed by atoms with Crippen LogP contribution in [0, 0.1) is 11.8 Å². The van der Waals surface area contributed by atoms with Gasteiger partial charge in [-0.2, -0.15) is 0 Å². The van der Waals surface area contributed by atoms with E-state index in [1.807, 2.05) is 60.7 Å². The van der Waals surface area contributed by atoms with Crippen LogP contribution in [0.2, 0.25) is 0 Å². The van der Waals surface area contributed by atoms with Crippen LogP contribution in [0.5, 0.6) is 0 Å². The molecule has 6 nitrogen and oxygen atoms in total. The molecule has 0 fully saturated rings. The quantitative estimate of drug-likeness (QED) is 0.322. The minimum Gasteiger partial charge on any atom is -0.469 e. The van der Waals surface area contributed by atoms with Gasteiger partial charge in [-0.15, -0.1) is 0 Å². The Labute approximate surface area is 225 Å². The number of rotatable bonds is 6. The summed E-state index contributed by atoms with van der Waals surface area (Å²) in [6.45, 7) is 0. The molecule has 0 spiro atoms. The highest BCUT2D eigenvalue weighted by molar-refractivity contribution is 7.86. The molecule has 5 rings (SSSR count). The van der Waals surface area contributed by atoms with Gasteiger partial charge in [-0.3, -0.25) is 9.59 Å². The standard InChI is InChI=1S/C30H26O6S2/c1-35-29(31)25-17-23-24(18-26(25)30(32)36-2)28(38(34)20-13-7-4-8-14-20)22-16-10-9-15-21(22)27(23)37(33)19-11-5-3-6-12-19/h3-16,25-26H,17-18H2,1-2H3/t25-,26-,37?,38?/m1/s1. The Kier molecular flexibility index (Phi) is 7.53. The third kappa shape index (κ3) is 4.59. The Morgan fingerprint density at radius 2 is 0.947 bits per heavy atom. The van der Waals surface area contributed by atoms with Crippen molar-refractivity contribution >= 4 is 44.3 Å². The molecule has 0 aromatic heterocycles. The maximum atomic E-state index is 14.1. The van der Waals surface area contributed by atoms with E-state index in [4.69, 9.17) is 9.47 Å². The van der Waals surface area contributed by atoms with Crippen molar-refractivity contribution in [3.63, 3.8) is 0 Å². The van der Waals surface area contributed by atoms with E-state index in [0.717, 1.165) is 0 Å². The third-order valence-electron chi connectivity index (χ3n) is 6.96. The van der Waals surface area contributed by atoms with Gasteiger partial charge in [0.1, 0.15) is 0 Å². The molecule has 2 unspecified atom stereocenters. The zero-order chi connectivity index (χ0) is 26.8. The van der Waals surface area contributed by atoms with Gasteiger partial charge < -0.3 is 9.47 Å². The molecule has 0 bridgehead atoms. The van der Waals surface area contributed by atoms with Gasteiger partial charge in [-0.1, -0.05) is 60.7 Å². The Balaban J connectivity index is 1.85. The van der Waals surface area contributed by atoms with Gasteiger partial charge in [0, 0.05) is 9.79 Å². The first-order chi connectivity index (χ1) is 18.5. The van der Waals surface area contributed by atoms with Crippen molar-refractivity contribution < 1.29 is 27.5 Å². The second-order valence-electron chi connectivity index (χ2n) is 8.99. The topological polar surface area (TPSA) is 86.7 Å². The number of fused-ring (bicyclic) bond motifs is 2. The zero-order valence-electron chi connectivity index (χ0n) is 20.9. The van der Waals surface area contributed by atoms with E-state index in [1.54, 1.807) is 24.3 Å². The van der Waals surface area contributed by atoms with Gasteiger partial charge in [-0.05, 0) is 59.0 Å². The fourth-order valence-electron chi connectivity index (χ4n) is 5.18. The van der Waals surface area contributed by atoms with E-state index in [0.29, 0.717) is 41.5 Å². The summed E-state index contributed by atoms with van der Waals surface area (Å²) in [5.74, 6) is -2.74. The highest BCUT2D eigenvalue weighted by atomic mass is 32.2. The summed E-state index contributed by atoms with van der Waals surface area (Å²) in [7, 11) is -0.629. The number of carbonyl (C=O) groups excluding carboxylic acids is 2. The molecule has 0 saturated heterocycles. The number of benzene rings is 4. The lowest BCUT2D eigenvalue weighted by atomic mass is 9.75. The molecule has 0 radical (unpaired) electrons. The minimum absolute atomic E-state index is 0.111. The van der Waals surface area contributed by atoms with Gasteiger partial charge in [-0.25, -0.2) is 8.42 Å². The zero-order valence-corrected chi connectivity index (χ0v) is 22.6. The van der Waals surface area contributed by atoms with Crippen LogP contribution >= 0.6 is 0 Å². The first kappa shape index (κ1) is 26.0. The van der Waals surface area contributed by atoms with Crippen molar-refractivity contribution in [2.45, 2.75) is 32.4 Å². The van der Waals surface area contributed by atoms with Crippen LogP contribution in [0.1, 0.15) is 11.1 Å². The van der Waals surface area contributed by atoms with E-state index in [9.17, 15) is 18.0 Å². The smallest absolute Gasteiger partial charge is 0.309 e. The van der Waals surface area contributed by atoms with Gasteiger partial charge >= 0.3 is 11.9 Å². The average molecular weight is 547 g/mol. The van der Waals surface area contributed by atoms with Crippen molar-refractivity contribution in [3.05, 3.63) is 96.1 Å². The molecular weight excluding hydrogens is 520 g/mol. The Hall–Kier alpha value is -3.62. The summed E-state index contributed by atoms with van der Waals surface area (Å²) in [6.07, 6.45) is 0.221. The van der Waals surface area contributed by atoms with Crippen LogP contribution in [-0.2, 0) is 53.5 Å². The monoisotopic (exact) mass is 546 g/mol. The fourth-order valence-corrected chi connectivity index (χ4v) is 8.08. The predicted molar refractivity (Wildman–Crippen MR) is 145 cm³/mol. The molecular formula is C30H26O6S2. The first-order valence-electron chi connectivity index (χ1n) is 12.1. The average Bonchev–Trinajstić information content (AvgIpc) is 2.98. The molecule has 1 aliphatic rings. The Morgan fingerprint density at radius 3 is 1.29 bits per heavy atom. The van der Waals surface area contributed by atoms with Crippen molar-refractivity contribution in [1.29, 1.82) is 0 Å². The molecule has 4 atom stereocenters. The number of ether oxygens (including phenoxy) is 2. The molecule has 0 saturated carbocycles. The summed E-state index contributed by atoms with van der Waals surface area (Å²) >= 11 is 0. The van der Waals surface area contributed by atoms with E-state index >= 15 is 0 Å². The molecule has 38 heavy (non-hydrogen) atoms. The second kappa shape index (κ2) is 11.0. The van der Waals surface area contributed by atoms with Crippen LogP contribution in [0.4, 0.5) is 0 Å². The SMILES string of the molecule is COC(=O)[C@@H]1Cc2c(c(S(=O)c3ccccc3)c3ccccc3c2S(=O)c2ccccc2)C[C@H]1C(=O)OC. The second-order valence-corrected chi connectivity index (χ2v) is 11.8. The molecule has 4 aromatic carbocycles. The van der Waals surface area contributed by atoms with E-state index < -0.39 is 45.4 Å². The van der Waals surface area contributed by atoms with Crippen LogP contribution in [0.25, 0.3) is 10.8 Å². The first-order valence-corrected chi connectivity index (χ1v) is 14.4. The largest absolute Gasteiger partial charge is 0.469 e. The lowest BCUT2D eigenvalue weighted by Gasteiger charge is -2.33. The summed E-state index contributed by atoms with van der Waals surface area (Å²) in [5.41, 5.74) is 1.33. The lowest BCUT2D eigenvalue weighted by Crippen LogP contribution is -2.39. The van der Waals surface area contributed by atoms with Crippen LogP contribution < -0.4 is 0 Å². The van der Waals surface area contributed by atoms with Gasteiger partial charge in [0.15, 0.2) is 0 Å². The number of methoxy groups -OCH3 is 2. The lowest BCUT2D eigenvalue weighted by molar-refractivity contribution is -0.158. The molecule has 0 heterocycles. The molecule has 0 amide bonds. The van der Waals surface area contributed by atoms with E-state index in [1.165, 1.54) is 14.2 Å². The molecule has 0 aliphatic heterocycles. The third-order valence-corrected chi connectivity index (χ3v) is 10.0. The minimum atomic E-state index is -1.60. The molecule has 8 heteroatoms. The molecule has 4 aromatic rings. The summed E-state index contributed by atoms with van der Waals surface area (Å²) in [6, 6.07) is 25.7. The molecule has 194 valence electrons. The van der Waals surface area contributed by atoms with Crippen molar-refractivity contribution in [3.8, 4) is 0 Å². The van der Waals surface area contributed by atoms with Crippen LogP contribution in [0.3, 0.4) is 0 Å². The number of hydrogen-bond donors (Lipinski definition) is 0. The van der Waals surface area contributed by atoms with Gasteiger partial charge in [0.2, 0.25) is 0 Å².